The van der Waals surface area contributed by atoms with Crippen LogP contribution in [-0.4, -0.2) is 19.9 Å². The molecule has 12 heteroatoms. The van der Waals surface area contributed by atoms with Crippen LogP contribution in [0.2, 0.25) is 0 Å². The number of aromatic nitrogens is 3. The second kappa shape index (κ2) is 7.35. The van der Waals surface area contributed by atoms with Crippen molar-refractivity contribution in [2.45, 2.75) is 7.59 Å². The van der Waals surface area contributed by atoms with Crippen molar-refractivity contribution in [1.82, 2.24) is 15.0 Å². The quantitative estimate of drug-likeness (QED) is 0.243. The molecule has 0 saturated heterocycles. The van der Waals surface area contributed by atoms with Crippen LogP contribution >= 0.6 is 69.6 Å². The molecule has 0 aliphatic rings. The Morgan fingerprint density at radius 1 is 0.815 bits per heavy atom. The van der Waals surface area contributed by atoms with Crippen LogP contribution in [0.4, 0.5) is 5.69 Å². The summed E-state index contributed by atoms with van der Waals surface area (Å²) in [5, 5.41) is 12.8. The molecular weight excluding hydrogens is 481 g/mol. The molecule has 0 spiro atoms. The summed E-state index contributed by atoms with van der Waals surface area (Å²) >= 11 is 35.3. The molecule has 0 N–H and O–H groups in total. The smallest absolute Gasteiger partial charge is 0.258 e. The number of rotatable bonds is 2. The van der Waals surface area contributed by atoms with Gasteiger partial charge in [-0.3, -0.25) is 10.1 Å². The molecule has 0 amide bonds. The zero-order valence-corrected chi connectivity index (χ0v) is 17.4. The molecule has 0 atom stereocenters. The molecule has 0 aliphatic carbocycles. The fourth-order valence-corrected chi connectivity index (χ4v) is 2.90. The largest absolute Gasteiger partial charge is 0.281 e. The van der Waals surface area contributed by atoms with E-state index in [9.17, 15) is 10.1 Å². The fraction of sp³-hybridized carbons (Fsp3) is 0.133. The summed E-state index contributed by atoms with van der Waals surface area (Å²) in [6.07, 6.45) is 0. The third-order valence-corrected chi connectivity index (χ3v) is 4.48. The lowest BCUT2D eigenvalue weighted by Gasteiger charge is -2.16. The van der Waals surface area contributed by atoms with Crippen LogP contribution in [0.3, 0.4) is 0 Å². The third kappa shape index (κ3) is 4.31. The van der Waals surface area contributed by atoms with Crippen molar-refractivity contribution in [3.05, 3.63) is 58.2 Å². The van der Waals surface area contributed by atoms with Crippen LogP contribution in [0.15, 0.2) is 36.4 Å². The van der Waals surface area contributed by atoms with Crippen LogP contribution in [0.1, 0.15) is 11.6 Å². The lowest BCUT2D eigenvalue weighted by atomic mass is 10.0. The number of nitro groups is 1. The van der Waals surface area contributed by atoms with Crippen molar-refractivity contribution in [2.75, 3.05) is 0 Å². The molecule has 1 heterocycles. The van der Waals surface area contributed by atoms with Crippen molar-refractivity contribution in [2.24, 2.45) is 0 Å². The van der Waals surface area contributed by atoms with E-state index in [1.807, 2.05) is 0 Å². The Kier molecular flexibility index (Phi) is 5.60. The van der Waals surface area contributed by atoms with Gasteiger partial charge in [0.1, 0.15) is 5.56 Å². The monoisotopic (exact) mass is 484 g/mol. The van der Waals surface area contributed by atoms with Gasteiger partial charge in [-0.2, -0.15) is 0 Å². The number of hydrogen-bond acceptors (Lipinski definition) is 5. The first-order valence-electron chi connectivity index (χ1n) is 7.05. The number of hydrogen-bond donors (Lipinski definition) is 0. The summed E-state index contributed by atoms with van der Waals surface area (Å²) < 4.78 is -4.14. The SMILES string of the molecule is O=[N+]([O-])c1ccc2ccccc2c1-c1nc(C(Cl)(Cl)Cl)nc(C(Cl)(Cl)Cl)n1. The predicted octanol–water partition coefficient (Wildman–Crippen LogP) is 6.25. The number of alkyl halides is 6. The van der Waals surface area contributed by atoms with Crippen LogP contribution < -0.4 is 0 Å². The maximum atomic E-state index is 11.6. The minimum Gasteiger partial charge on any atom is -0.258 e. The van der Waals surface area contributed by atoms with Gasteiger partial charge in [0, 0.05) is 6.07 Å². The van der Waals surface area contributed by atoms with E-state index in [-0.39, 0.29) is 28.7 Å². The highest BCUT2D eigenvalue weighted by atomic mass is 35.6. The summed E-state index contributed by atoms with van der Waals surface area (Å²) in [4.78, 5) is 23.0. The summed E-state index contributed by atoms with van der Waals surface area (Å²) in [6, 6.07) is 9.86. The summed E-state index contributed by atoms with van der Waals surface area (Å²) in [6.45, 7) is 0. The normalized spacial score (nSPS) is 12.4. The Bertz CT molecular complexity index is 1020. The van der Waals surface area contributed by atoms with Gasteiger partial charge < -0.3 is 0 Å². The van der Waals surface area contributed by atoms with Crippen molar-refractivity contribution in [3.8, 4) is 11.4 Å². The summed E-state index contributed by atoms with van der Waals surface area (Å²) in [5.74, 6) is -0.821. The van der Waals surface area contributed by atoms with Gasteiger partial charge in [-0.05, 0) is 16.8 Å². The first-order valence-corrected chi connectivity index (χ1v) is 9.32. The average Bonchev–Trinajstić information content (AvgIpc) is 2.58. The molecule has 3 rings (SSSR count). The van der Waals surface area contributed by atoms with E-state index in [0.29, 0.717) is 10.8 Å². The summed E-state index contributed by atoms with van der Waals surface area (Å²) in [7, 11) is 0. The van der Waals surface area contributed by atoms with Crippen LogP contribution in [0.5, 0.6) is 0 Å². The molecule has 0 fully saturated rings. The Hall–Kier alpha value is -1.15. The highest BCUT2D eigenvalue weighted by molar-refractivity contribution is 6.67. The highest BCUT2D eigenvalue weighted by Gasteiger charge is 2.35. The van der Waals surface area contributed by atoms with Crippen LogP contribution in [0.25, 0.3) is 22.2 Å². The van der Waals surface area contributed by atoms with Gasteiger partial charge in [0.25, 0.3) is 5.69 Å². The first-order chi connectivity index (χ1) is 12.5. The second-order valence-corrected chi connectivity index (χ2v) is 9.80. The molecule has 3 aromatic rings. The Morgan fingerprint density at radius 3 is 1.89 bits per heavy atom. The Morgan fingerprint density at radius 2 is 1.37 bits per heavy atom. The lowest BCUT2D eigenvalue weighted by Crippen LogP contribution is -2.17. The van der Waals surface area contributed by atoms with E-state index in [0.717, 1.165) is 0 Å². The first kappa shape index (κ1) is 20.6. The van der Waals surface area contributed by atoms with E-state index in [4.69, 9.17) is 69.6 Å². The van der Waals surface area contributed by atoms with Crippen LogP contribution in [-0.2, 0) is 7.59 Å². The van der Waals surface area contributed by atoms with Crippen molar-refractivity contribution in [1.29, 1.82) is 0 Å². The third-order valence-electron chi connectivity index (χ3n) is 3.47. The number of halogens is 6. The molecule has 0 radical (unpaired) electrons. The van der Waals surface area contributed by atoms with Gasteiger partial charge in [0.05, 0.1) is 4.92 Å². The molecular formula is C15H6Cl6N4O2. The van der Waals surface area contributed by atoms with Gasteiger partial charge in [-0.1, -0.05) is 93.9 Å². The van der Waals surface area contributed by atoms with E-state index < -0.39 is 12.5 Å². The molecule has 0 saturated carbocycles. The van der Waals surface area contributed by atoms with Crippen molar-refractivity contribution in [3.63, 3.8) is 0 Å². The molecule has 140 valence electrons. The molecule has 6 nitrogen and oxygen atoms in total. The van der Waals surface area contributed by atoms with E-state index in [1.165, 1.54) is 6.07 Å². The molecule has 0 unspecified atom stereocenters. The van der Waals surface area contributed by atoms with E-state index in [2.05, 4.69) is 15.0 Å². The minimum atomic E-state index is -2.07. The maximum absolute atomic E-state index is 11.6. The zero-order chi connectivity index (χ0) is 20.0. The topological polar surface area (TPSA) is 81.8 Å². The Balaban J connectivity index is 2.43. The molecule has 27 heavy (non-hydrogen) atoms. The van der Waals surface area contributed by atoms with Gasteiger partial charge in [-0.15, -0.1) is 0 Å². The zero-order valence-electron chi connectivity index (χ0n) is 12.8. The minimum absolute atomic E-state index is 0.0894. The lowest BCUT2D eigenvalue weighted by molar-refractivity contribution is -0.384. The molecule has 1 aromatic heterocycles. The number of benzene rings is 2. The Labute approximate surface area is 182 Å². The summed E-state index contributed by atoms with van der Waals surface area (Å²) in [5.41, 5.74) is -0.170. The van der Waals surface area contributed by atoms with Gasteiger partial charge in [0.15, 0.2) is 17.5 Å². The number of nitro benzene ring substituents is 1. The number of fused-ring (bicyclic) bond motifs is 1. The second-order valence-electron chi connectivity index (χ2n) is 5.24. The average molecular weight is 487 g/mol. The van der Waals surface area contributed by atoms with E-state index in [1.54, 1.807) is 30.3 Å². The fourth-order valence-electron chi connectivity index (χ4n) is 2.39. The molecule has 0 bridgehead atoms. The van der Waals surface area contributed by atoms with Gasteiger partial charge in [-0.25, -0.2) is 15.0 Å². The van der Waals surface area contributed by atoms with Crippen molar-refractivity contribution >= 4 is 86.1 Å². The van der Waals surface area contributed by atoms with E-state index >= 15 is 0 Å². The van der Waals surface area contributed by atoms with Crippen molar-refractivity contribution < 1.29 is 4.92 Å². The predicted molar refractivity (Wildman–Crippen MR) is 108 cm³/mol. The molecule has 2 aromatic carbocycles. The number of nitrogens with zero attached hydrogens (tertiary/aromatic N) is 4. The highest BCUT2D eigenvalue weighted by Crippen LogP contribution is 2.42. The maximum Gasteiger partial charge on any atom is 0.281 e. The van der Waals surface area contributed by atoms with Crippen LogP contribution in [0, 0.1) is 10.1 Å². The van der Waals surface area contributed by atoms with Gasteiger partial charge in [0.2, 0.25) is 7.59 Å². The van der Waals surface area contributed by atoms with Gasteiger partial charge >= 0.3 is 0 Å². The molecule has 0 aliphatic heterocycles. The standard InChI is InChI=1S/C15H6Cl6N4O2/c16-14(17,18)12-22-11(23-13(24-12)15(19,20)21)10-8-4-2-1-3-7(8)5-6-9(10)25(26)27/h1-6H.